The maximum Gasteiger partial charge on any atom is 0.471 e. The van der Waals surface area contributed by atoms with Gasteiger partial charge in [0.1, 0.15) is 40.3 Å². The summed E-state index contributed by atoms with van der Waals surface area (Å²) in [6, 6.07) is 28.2. The Bertz CT molecular complexity index is 4450. The number of nitro groups is 1. The molecule has 6 aromatic carbocycles. The van der Waals surface area contributed by atoms with E-state index >= 15 is 0 Å². The lowest BCUT2D eigenvalue weighted by Gasteiger charge is -2.41. The van der Waals surface area contributed by atoms with E-state index in [0.29, 0.717) is 91.2 Å². The van der Waals surface area contributed by atoms with Gasteiger partial charge in [-0.25, -0.2) is 0 Å². The van der Waals surface area contributed by atoms with Gasteiger partial charge in [0, 0.05) is 70.5 Å². The van der Waals surface area contributed by atoms with Crippen LogP contribution in [-0.2, 0) is 96.0 Å². The van der Waals surface area contributed by atoms with Crippen LogP contribution in [0.15, 0.2) is 102 Å². The van der Waals surface area contributed by atoms with Gasteiger partial charge in [-0.15, -0.1) is 0 Å². The third kappa shape index (κ3) is 20.5. The number of Topliss-reactive ketones (excluding diaryl/α,β-unsaturated/α-hetero) is 2. The van der Waals surface area contributed by atoms with Gasteiger partial charge in [-0.05, 0) is 212 Å². The fourth-order valence-electron chi connectivity index (χ4n) is 15.2. The van der Waals surface area contributed by atoms with Gasteiger partial charge in [0.25, 0.3) is 0 Å². The molecule has 0 radical (unpaired) electrons. The molecule has 20 nitrogen and oxygen atoms in total. The molecular weight excluding hydrogens is 1460 g/mol. The number of carbonyl (C=O) groups is 5. The van der Waals surface area contributed by atoms with E-state index in [0.717, 1.165) is 82.0 Å². The Labute approximate surface area is 640 Å². The fourth-order valence-corrected chi connectivity index (χ4v) is 15.2. The van der Waals surface area contributed by atoms with Crippen LogP contribution in [0.5, 0.6) is 34.5 Å². The number of nitro benzene ring substituents is 1. The molecule has 3 atom stereocenters. The van der Waals surface area contributed by atoms with Gasteiger partial charge in [-0.1, -0.05) is 84.8 Å². The smallest absolute Gasteiger partial charge is 0.471 e. The van der Waals surface area contributed by atoms with Crippen LogP contribution in [0.4, 0.5) is 50.9 Å². The van der Waals surface area contributed by atoms with Crippen LogP contribution in [0.3, 0.4) is 0 Å². The van der Waals surface area contributed by atoms with Crippen molar-refractivity contribution in [2.75, 3.05) is 48.4 Å². The molecule has 29 heteroatoms. The zero-order chi connectivity index (χ0) is 82.9. The molecule has 6 N–H and O–H groups in total. The molecule has 0 bridgehead atoms. The zero-order valence-electron chi connectivity index (χ0n) is 65.3. The minimum Gasteiger partial charge on any atom is -0.497 e. The van der Waals surface area contributed by atoms with E-state index < -0.39 is 75.5 Å². The largest absolute Gasteiger partial charge is 0.497 e. The number of rotatable bonds is 10. The van der Waals surface area contributed by atoms with Crippen molar-refractivity contribution in [2.24, 2.45) is 5.16 Å². The number of hydrogen-bond acceptors (Lipinski definition) is 16. The quantitative estimate of drug-likeness (QED) is 0.0280. The highest BCUT2D eigenvalue weighted by atomic mass is 19.4. The molecule has 0 spiro atoms. The topological polar surface area (TPSA) is 279 Å². The average Bonchev–Trinajstić information content (AvgIpc) is 0.776. The van der Waals surface area contributed by atoms with E-state index in [4.69, 9.17) is 39.4 Å². The molecule has 6 aliphatic carbocycles. The molecule has 0 fully saturated rings. The Balaban J connectivity index is 0.000000187. The number of halogens is 9. The first-order valence-corrected chi connectivity index (χ1v) is 36.1. The number of oxime groups is 1. The monoisotopic (exact) mass is 1560 g/mol. The van der Waals surface area contributed by atoms with Crippen molar-refractivity contribution in [3.63, 3.8) is 0 Å². The van der Waals surface area contributed by atoms with Crippen molar-refractivity contribution < 1.29 is 102 Å². The number of alkyl halides is 9. The number of nitrogens with two attached hydrogens (primary N) is 1. The third-order valence-corrected chi connectivity index (χ3v) is 22.1. The Kier molecular flexibility index (Phi) is 27.9. The maximum absolute atomic E-state index is 12.5. The van der Waals surface area contributed by atoms with Crippen LogP contribution < -0.4 is 50.1 Å². The van der Waals surface area contributed by atoms with E-state index in [9.17, 15) is 73.6 Å². The van der Waals surface area contributed by atoms with Crippen LogP contribution >= 0.6 is 0 Å². The summed E-state index contributed by atoms with van der Waals surface area (Å²) in [6.45, 7) is 18.8. The molecule has 3 unspecified atom stereocenters. The average molecular weight is 1560 g/mol. The number of fused-ring (bicyclic) bond motifs is 6. The Morgan fingerprint density at radius 3 is 1.20 bits per heavy atom. The van der Waals surface area contributed by atoms with Crippen LogP contribution in [-0.4, -0.2) is 124 Å². The molecule has 604 valence electrons. The van der Waals surface area contributed by atoms with Crippen molar-refractivity contribution in [3.8, 4) is 34.5 Å². The minimum absolute atomic E-state index is 0.0367. The van der Waals surface area contributed by atoms with E-state index in [2.05, 4.69) is 47.8 Å². The molecule has 3 amide bonds. The summed E-state index contributed by atoms with van der Waals surface area (Å²) in [5, 5.41) is 29.8. The minimum atomic E-state index is -4.95. The number of nitrogens with one attached hydrogen (secondary N) is 3. The molecule has 0 saturated heterocycles. The van der Waals surface area contributed by atoms with Crippen LogP contribution in [0, 0.1) is 10.1 Å². The lowest BCUT2D eigenvalue weighted by Crippen LogP contribution is -2.53. The van der Waals surface area contributed by atoms with Crippen LogP contribution in [0.1, 0.15) is 175 Å². The van der Waals surface area contributed by atoms with E-state index in [-0.39, 0.29) is 28.7 Å². The van der Waals surface area contributed by atoms with Crippen molar-refractivity contribution in [3.05, 3.63) is 174 Å². The zero-order valence-corrected chi connectivity index (χ0v) is 65.3. The normalized spacial score (nSPS) is 19.3. The van der Waals surface area contributed by atoms with Gasteiger partial charge in [0.05, 0.1) is 59.0 Å². The van der Waals surface area contributed by atoms with Crippen LogP contribution in [0.25, 0.3) is 0 Å². The van der Waals surface area contributed by atoms with Crippen molar-refractivity contribution in [2.45, 2.75) is 216 Å². The standard InChI is InChI=1S/C15H17F3N2O4.C15H19F3N2O2.C15H18F3NO2.C13H17NO2.C13H16O2.C11H12O2/c1-14(2)9-7-11(24-3)10(20(22)23)6-8(9)4-5-12(14)19-13(21)15(16,17)18;1-14(2)9-7-11(22-3)10(19)6-8(9)4-5-12(14)20-13(21)15(16,17)18;1-14(2)11-8-10(21-3)6-4-9(11)5-7-12(14)19-13(20)15(16,17)18;1-13(2)11-8-10(16-3)6-4-9(11)5-7-12(13)14-15;1-13(2)11-8-10(15-3)6-4-9(11)5-7-12(13)14;1-13-11-5-3-8-2-4-10(12)6-9(8)7-11/h6-7,12H,4-5H2,1-3H3,(H,19,21);6-7,12H,4-5,19H2,1-3H3,(H,20,21);4,6,8,12H,5,7H2,1-3H3,(H,19,20);4,6,8,15H,5,7H2,1-3H3;4,6,8H,5,7H2,1-3H3;3,5,7H,2,4,6H2,1H3/b;;;14-12+;;. The molecular formula is C82H99F9N6O14. The molecule has 6 aliphatic rings. The molecule has 0 aromatic heterocycles. The van der Waals surface area contributed by atoms with Gasteiger partial charge in [0.2, 0.25) is 0 Å². The molecule has 6 aromatic rings. The molecule has 0 saturated carbocycles. The maximum atomic E-state index is 12.5. The van der Waals surface area contributed by atoms with Crippen molar-refractivity contribution in [1.82, 2.24) is 16.0 Å². The number of hydrogen-bond donors (Lipinski definition) is 5. The number of anilines is 1. The second kappa shape index (κ2) is 35.1. The number of nitrogens with zero attached hydrogens (tertiary/aromatic N) is 2. The lowest BCUT2D eigenvalue weighted by atomic mass is 9.69. The van der Waals surface area contributed by atoms with E-state index in [1.165, 1.54) is 48.6 Å². The summed E-state index contributed by atoms with van der Waals surface area (Å²) in [7, 11) is 9.27. The summed E-state index contributed by atoms with van der Waals surface area (Å²) in [4.78, 5) is 67.2. The van der Waals surface area contributed by atoms with Gasteiger partial charge in [-0.2, -0.15) is 39.5 Å². The van der Waals surface area contributed by atoms with Crippen molar-refractivity contribution in [1.29, 1.82) is 0 Å². The van der Waals surface area contributed by atoms with Crippen LogP contribution in [0.2, 0.25) is 0 Å². The van der Waals surface area contributed by atoms with E-state index in [1.807, 2.05) is 101 Å². The number of ketones is 2. The van der Waals surface area contributed by atoms with Gasteiger partial charge in [0.15, 0.2) is 5.75 Å². The summed E-state index contributed by atoms with van der Waals surface area (Å²) < 4.78 is 143. The van der Waals surface area contributed by atoms with Gasteiger partial charge < -0.3 is 55.3 Å². The number of amides is 3. The Morgan fingerprint density at radius 1 is 0.441 bits per heavy atom. The lowest BCUT2D eigenvalue weighted by molar-refractivity contribution is -0.385. The highest BCUT2D eigenvalue weighted by Gasteiger charge is 2.48. The summed E-state index contributed by atoms with van der Waals surface area (Å²) in [6.07, 6.45) is -6.59. The number of nitrogen functional groups attached to an aromatic ring is 1. The second-order valence-corrected chi connectivity index (χ2v) is 30.7. The highest BCUT2D eigenvalue weighted by molar-refractivity contribution is 5.96. The number of carbonyl (C=O) groups excluding carboxylic acids is 5. The number of benzene rings is 6. The molecule has 12 rings (SSSR count). The van der Waals surface area contributed by atoms with Gasteiger partial charge in [-0.3, -0.25) is 34.1 Å². The van der Waals surface area contributed by atoms with E-state index in [1.54, 1.807) is 54.4 Å². The summed E-state index contributed by atoms with van der Waals surface area (Å²) in [5.41, 5.74) is 16.8. The predicted octanol–water partition coefficient (Wildman–Crippen LogP) is 15.4. The molecule has 0 aliphatic heterocycles. The predicted molar refractivity (Wildman–Crippen MR) is 401 cm³/mol. The van der Waals surface area contributed by atoms with Gasteiger partial charge >= 0.3 is 41.9 Å². The third-order valence-electron chi connectivity index (χ3n) is 22.1. The fraction of sp³-hybridized carbons (Fsp3) is 0.488. The Hall–Kier alpha value is -10.1. The Morgan fingerprint density at radius 2 is 0.793 bits per heavy atom. The number of ether oxygens (including phenoxy) is 6. The first-order chi connectivity index (χ1) is 51.6. The first kappa shape index (κ1) is 88.1. The second-order valence-electron chi connectivity index (χ2n) is 30.7. The number of methoxy groups -OCH3 is 6. The first-order valence-electron chi connectivity index (χ1n) is 36.1. The SMILES string of the molecule is COc1cc2c(cc1N)CCC(NC(=O)C(F)(F)F)C2(C)C.COc1cc2c(cc1[N+](=O)[O-])CCC(NC(=O)C(F)(F)F)C2(C)C.COc1ccc2c(c1)C(C)(C)/C(=N/O)CC2.COc1ccc2c(c1)C(C)(C)C(=O)CC2.COc1ccc2c(c1)C(C)(C)C(NC(=O)C(F)(F)F)CC2.COc1ccc2c(c1)CC(=O)CC2. The molecule has 0 heterocycles. The summed E-state index contributed by atoms with van der Waals surface area (Å²) >= 11 is 0. The number of aryl methyl sites for hydroxylation is 6. The highest BCUT2D eigenvalue weighted by Crippen LogP contribution is 2.46. The molecule has 111 heavy (non-hydrogen) atoms. The van der Waals surface area contributed by atoms with Crippen molar-refractivity contribution >= 4 is 46.4 Å². The summed E-state index contributed by atoms with van der Waals surface area (Å²) in [5.74, 6) is -1.42.